The fraction of sp³-hybridized carbons (Fsp3) is 0.522. The second-order valence-corrected chi connectivity index (χ2v) is 8.49. The van der Waals surface area contributed by atoms with Crippen LogP contribution in [0.5, 0.6) is 0 Å². The monoisotopic (exact) mass is 505 g/mol. The van der Waals surface area contributed by atoms with Crippen molar-refractivity contribution >= 4 is 29.7 Å². The van der Waals surface area contributed by atoms with Crippen LogP contribution in [0.4, 0.5) is 0 Å². The predicted molar refractivity (Wildman–Crippen MR) is 132 cm³/mol. The Labute approximate surface area is 209 Å². The molecule has 0 spiro atoms. The minimum atomic E-state index is -1.42. The van der Waals surface area contributed by atoms with Gasteiger partial charge in [0.05, 0.1) is 12.6 Å². The Balaban J connectivity index is 2.03. The molecular weight excluding hydrogens is 470 g/mol. The summed E-state index contributed by atoms with van der Waals surface area (Å²) in [6.07, 6.45) is 2.02. The lowest BCUT2D eigenvalue weighted by molar-refractivity contribution is -0.142. The van der Waals surface area contributed by atoms with E-state index in [1.807, 2.05) is 0 Å². The van der Waals surface area contributed by atoms with E-state index in [1.165, 1.54) is 0 Å². The Kier molecular flexibility index (Phi) is 11.6. The van der Waals surface area contributed by atoms with Gasteiger partial charge in [0, 0.05) is 13.0 Å². The van der Waals surface area contributed by atoms with Crippen molar-refractivity contribution in [3.63, 3.8) is 0 Å². The average Bonchev–Trinajstić information content (AvgIpc) is 3.39. The van der Waals surface area contributed by atoms with Gasteiger partial charge in [0.1, 0.15) is 18.1 Å². The lowest BCUT2D eigenvalue weighted by Crippen LogP contribution is -2.58. The quantitative estimate of drug-likeness (QED) is 0.0763. The second-order valence-electron chi connectivity index (χ2n) is 8.49. The summed E-state index contributed by atoms with van der Waals surface area (Å²) >= 11 is 0. The Morgan fingerprint density at radius 3 is 2.28 bits per heavy atom. The smallest absolute Gasteiger partial charge is 0.326 e. The Morgan fingerprint density at radius 2 is 1.69 bits per heavy atom. The topological polar surface area (TPSA) is 221 Å². The molecule has 0 bridgehead atoms. The Bertz CT molecular complexity index is 917. The number of hydrogen-bond donors (Lipinski definition) is 8. The molecule has 3 amide bonds. The molecule has 198 valence electrons. The fourth-order valence-corrected chi connectivity index (χ4v) is 3.74. The van der Waals surface area contributed by atoms with Crippen molar-refractivity contribution < 1.29 is 29.4 Å². The summed E-state index contributed by atoms with van der Waals surface area (Å²) in [5, 5.41) is 29.7. The molecule has 1 aliphatic rings. The molecule has 2 rings (SSSR count). The number of benzene rings is 1. The van der Waals surface area contributed by atoms with Crippen molar-refractivity contribution in [2.24, 2.45) is 16.5 Å². The van der Waals surface area contributed by atoms with E-state index in [2.05, 4.69) is 26.3 Å². The maximum atomic E-state index is 13.0. The van der Waals surface area contributed by atoms with Crippen LogP contribution in [0.2, 0.25) is 0 Å². The van der Waals surface area contributed by atoms with Crippen LogP contribution in [0.3, 0.4) is 0 Å². The first kappa shape index (κ1) is 28.5. The lowest BCUT2D eigenvalue weighted by Gasteiger charge is -2.24. The summed E-state index contributed by atoms with van der Waals surface area (Å²) in [6, 6.07) is 4.59. The van der Waals surface area contributed by atoms with Crippen molar-refractivity contribution in [1.29, 1.82) is 0 Å². The zero-order valence-corrected chi connectivity index (χ0v) is 20.0. The first-order chi connectivity index (χ1) is 17.2. The zero-order valence-electron chi connectivity index (χ0n) is 20.0. The summed E-state index contributed by atoms with van der Waals surface area (Å²) in [6.45, 7) is 0.154. The van der Waals surface area contributed by atoms with E-state index >= 15 is 0 Å². The number of aliphatic carboxylic acids is 1. The third kappa shape index (κ3) is 9.50. The summed E-state index contributed by atoms with van der Waals surface area (Å²) in [7, 11) is 0. The van der Waals surface area contributed by atoms with Gasteiger partial charge in [0.2, 0.25) is 17.7 Å². The highest BCUT2D eigenvalue weighted by atomic mass is 16.4. The number of nitrogens with zero attached hydrogens (tertiary/aromatic N) is 1. The van der Waals surface area contributed by atoms with Gasteiger partial charge in [-0.1, -0.05) is 30.3 Å². The van der Waals surface area contributed by atoms with E-state index < -0.39 is 48.6 Å². The summed E-state index contributed by atoms with van der Waals surface area (Å²) in [5.74, 6) is -3.28. The molecular formula is C23H35N7O6. The molecule has 1 saturated heterocycles. The molecule has 1 aliphatic heterocycles. The molecule has 10 N–H and O–H groups in total. The van der Waals surface area contributed by atoms with Crippen molar-refractivity contribution in [3.05, 3.63) is 35.9 Å². The molecule has 1 aromatic rings. The number of aliphatic hydroxyl groups is 1. The number of carboxylic acid groups (broad SMARTS) is 1. The molecule has 1 heterocycles. The van der Waals surface area contributed by atoms with Gasteiger partial charge >= 0.3 is 5.97 Å². The van der Waals surface area contributed by atoms with Crippen LogP contribution in [-0.4, -0.2) is 83.7 Å². The molecule has 4 atom stereocenters. The third-order valence-electron chi connectivity index (χ3n) is 5.67. The summed E-state index contributed by atoms with van der Waals surface area (Å²) in [4.78, 5) is 53.8. The average molecular weight is 506 g/mol. The number of carbonyl (C=O) groups is 4. The normalized spacial score (nSPS) is 17.3. The van der Waals surface area contributed by atoms with Gasteiger partial charge in [-0.05, 0) is 37.8 Å². The molecule has 0 aliphatic carbocycles. The largest absolute Gasteiger partial charge is 0.480 e. The van der Waals surface area contributed by atoms with Crippen molar-refractivity contribution in [2.75, 3.05) is 19.7 Å². The second kappa shape index (κ2) is 14.6. The number of guanidine groups is 1. The highest BCUT2D eigenvalue weighted by Gasteiger charge is 2.31. The molecule has 0 aromatic heterocycles. The summed E-state index contributed by atoms with van der Waals surface area (Å²) in [5.41, 5.74) is 11.3. The molecule has 0 radical (unpaired) electrons. The number of carboxylic acids is 1. The highest BCUT2D eigenvalue weighted by molar-refractivity contribution is 5.94. The standard InChI is InChI=1S/C23H35N7O6/c24-23(25)27-11-5-9-16(28-19(32)15-8-4-10-26-15)20(33)30-18(13-31)21(34)29-17(22(35)36)12-14-6-2-1-3-7-14/h1-3,6-7,15-18,26,31H,4-5,8-13H2,(H,28,32)(H,29,34)(H,30,33)(H,35,36)(H4,24,25,27)/t15-,16-,17+,18-/m1/s1. The number of aliphatic hydroxyl groups excluding tert-OH is 1. The van der Waals surface area contributed by atoms with Crippen LogP contribution in [-0.2, 0) is 25.6 Å². The first-order valence-electron chi connectivity index (χ1n) is 11.8. The molecule has 0 unspecified atom stereocenters. The van der Waals surface area contributed by atoms with Crippen LogP contribution in [0.25, 0.3) is 0 Å². The predicted octanol–water partition coefficient (Wildman–Crippen LogP) is -2.43. The third-order valence-corrected chi connectivity index (χ3v) is 5.67. The fourth-order valence-electron chi connectivity index (χ4n) is 3.74. The van der Waals surface area contributed by atoms with Gasteiger partial charge < -0.3 is 42.9 Å². The van der Waals surface area contributed by atoms with Gasteiger partial charge in [-0.2, -0.15) is 0 Å². The first-order valence-corrected chi connectivity index (χ1v) is 11.8. The van der Waals surface area contributed by atoms with Crippen molar-refractivity contribution in [2.45, 2.75) is 56.3 Å². The van der Waals surface area contributed by atoms with E-state index in [-0.39, 0.29) is 31.3 Å². The van der Waals surface area contributed by atoms with Crippen LogP contribution in [0.15, 0.2) is 35.3 Å². The van der Waals surface area contributed by atoms with E-state index in [4.69, 9.17) is 11.5 Å². The summed E-state index contributed by atoms with van der Waals surface area (Å²) < 4.78 is 0. The van der Waals surface area contributed by atoms with Crippen molar-refractivity contribution in [3.8, 4) is 0 Å². The van der Waals surface area contributed by atoms with Crippen LogP contribution >= 0.6 is 0 Å². The van der Waals surface area contributed by atoms with E-state index in [0.29, 0.717) is 24.9 Å². The number of carbonyl (C=O) groups excluding carboxylic acids is 3. The lowest BCUT2D eigenvalue weighted by atomic mass is 10.1. The SMILES string of the molecule is NC(N)=NCCC[C@@H](NC(=O)[C@H]1CCCN1)C(=O)N[C@H](CO)C(=O)N[C@@H](Cc1ccccc1)C(=O)O. The molecule has 1 fully saturated rings. The van der Waals surface area contributed by atoms with E-state index in [0.717, 1.165) is 6.42 Å². The molecule has 0 saturated carbocycles. The molecule has 13 heteroatoms. The van der Waals surface area contributed by atoms with Crippen LogP contribution in [0, 0.1) is 0 Å². The minimum absolute atomic E-state index is 0.0197. The maximum absolute atomic E-state index is 13.0. The molecule has 1 aromatic carbocycles. The molecule has 36 heavy (non-hydrogen) atoms. The number of rotatable bonds is 14. The van der Waals surface area contributed by atoms with Gasteiger partial charge in [0.15, 0.2) is 5.96 Å². The van der Waals surface area contributed by atoms with Crippen LogP contribution < -0.4 is 32.7 Å². The van der Waals surface area contributed by atoms with Gasteiger partial charge in [-0.15, -0.1) is 0 Å². The maximum Gasteiger partial charge on any atom is 0.326 e. The van der Waals surface area contributed by atoms with E-state index in [9.17, 15) is 29.4 Å². The van der Waals surface area contributed by atoms with Gasteiger partial charge in [-0.3, -0.25) is 19.4 Å². The van der Waals surface area contributed by atoms with Gasteiger partial charge in [0.25, 0.3) is 0 Å². The molecule has 13 nitrogen and oxygen atoms in total. The number of amides is 3. The Morgan fingerprint density at radius 1 is 1.03 bits per heavy atom. The van der Waals surface area contributed by atoms with Gasteiger partial charge in [-0.25, -0.2) is 4.79 Å². The van der Waals surface area contributed by atoms with E-state index in [1.54, 1.807) is 30.3 Å². The van der Waals surface area contributed by atoms with Crippen molar-refractivity contribution in [1.82, 2.24) is 21.3 Å². The highest BCUT2D eigenvalue weighted by Crippen LogP contribution is 2.08. The van der Waals surface area contributed by atoms with Crippen LogP contribution in [0.1, 0.15) is 31.2 Å². The Hall–Kier alpha value is -3.71. The number of hydrogen-bond acceptors (Lipinski definition) is 7. The number of nitrogens with two attached hydrogens (primary N) is 2. The number of nitrogens with one attached hydrogen (secondary N) is 4. The minimum Gasteiger partial charge on any atom is -0.480 e. The number of aliphatic imine (C=N–C) groups is 1. The zero-order chi connectivity index (χ0) is 26.5.